The smallest absolute Gasteiger partial charge is 0.253 e. The molecule has 2 fully saturated rings. The standard InChI is InChI=1S/C20H26N6O3/c27-19(14-23-9-11-29-12-10-23)24-5-7-25(8-6-24)20(28)18-3-1-17(2-4-18)13-26-16-21-15-22-26/h1-4,15-16H,5-14H2. The number of nitrogens with zero attached hydrogens (tertiary/aromatic N) is 6. The second kappa shape index (κ2) is 9.15. The van der Waals surface area contributed by atoms with Gasteiger partial charge in [0.1, 0.15) is 12.7 Å². The zero-order valence-corrected chi connectivity index (χ0v) is 16.4. The van der Waals surface area contributed by atoms with E-state index in [1.54, 1.807) is 11.0 Å². The Kier molecular flexibility index (Phi) is 6.16. The van der Waals surface area contributed by atoms with Crippen LogP contribution in [0, 0.1) is 0 Å². The molecule has 2 aliphatic rings. The summed E-state index contributed by atoms with van der Waals surface area (Å²) in [4.78, 5) is 35.0. The number of hydrogen-bond acceptors (Lipinski definition) is 6. The van der Waals surface area contributed by atoms with E-state index >= 15 is 0 Å². The number of rotatable bonds is 5. The molecule has 2 aromatic rings. The van der Waals surface area contributed by atoms with Crippen molar-refractivity contribution in [2.24, 2.45) is 0 Å². The number of morpholine rings is 1. The lowest BCUT2D eigenvalue weighted by atomic mass is 10.1. The normalized spacial score (nSPS) is 18.1. The Balaban J connectivity index is 1.26. The molecule has 2 aliphatic heterocycles. The summed E-state index contributed by atoms with van der Waals surface area (Å²) >= 11 is 0. The van der Waals surface area contributed by atoms with Crippen LogP contribution in [0.3, 0.4) is 0 Å². The molecule has 0 spiro atoms. The summed E-state index contributed by atoms with van der Waals surface area (Å²) in [6.45, 7) is 6.33. The minimum absolute atomic E-state index is 0.0117. The third-order valence-corrected chi connectivity index (χ3v) is 5.39. The van der Waals surface area contributed by atoms with E-state index in [0.29, 0.717) is 58.0 Å². The van der Waals surface area contributed by atoms with Crippen molar-refractivity contribution >= 4 is 11.8 Å². The van der Waals surface area contributed by atoms with Crippen molar-refractivity contribution in [2.45, 2.75) is 6.54 Å². The zero-order valence-electron chi connectivity index (χ0n) is 16.4. The van der Waals surface area contributed by atoms with Crippen LogP contribution in [0.2, 0.25) is 0 Å². The quantitative estimate of drug-likeness (QED) is 0.702. The molecular formula is C20H26N6O3. The molecule has 2 amide bonds. The number of aromatic nitrogens is 3. The minimum atomic E-state index is 0.0117. The van der Waals surface area contributed by atoms with Crippen LogP contribution in [-0.2, 0) is 16.1 Å². The molecule has 0 radical (unpaired) electrons. The minimum Gasteiger partial charge on any atom is -0.379 e. The number of benzene rings is 1. The fourth-order valence-corrected chi connectivity index (χ4v) is 3.65. The van der Waals surface area contributed by atoms with Gasteiger partial charge in [-0.1, -0.05) is 12.1 Å². The average Bonchev–Trinajstić information content (AvgIpc) is 3.28. The van der Waals surface area contributed by atoms with E-state index in [0.717, 1.165) is 18.7 Å². The SMILES string of the molecule is O=C(CN1CCOCC1)N1CCN(C(=O)c2ccc(Cn3cncn3)cc2)CC1. The Morgan fingerprint density at radius 3 is 2.28 bits per heavy atom. The van der Waals surface area contributed by atoms with Crippen molar-refractivity contribution in [1.29, 1.82) is 0 Å². The van der Waals surface area contributed by atoms with Crippen LogP contribution in [0.1, 0.15) is 15.9 Å². The van der Waals surface area contributed by atoms with E-state index in [1.165, 1.54) is 6.33 Å². The Morgan fingerprint density at radius 2 is 1.62 bits per heavy atom. The predicted molar refractivity (Wildman–Crippen MR) is 105 cm³/mol. The maximum Gasteiger partial charge on any atom is 0.253 e. The van der Waals surface area contributed by atoms with Crippen LogP contribution >= 0.6 is 0 Å². The topological polar surface area (TPSA) is 83.8 Å². The van der Waals surface area contributed by atoms with Crippen LogP contribution in [0.15, 0.2) is 36.9 Å². The maximum absolute atomic E-state index is 12.8. The summed E-state index contributed by atoms with van der Waals surface area (Å²) in [5, 5.41) is 4.09. The molecule has 0 unspecified atom stereocenters. The Labute approximate surface area is 169 Å². The summed E-state index contributed by atoms with van der Waals surface area (Å²) in [7, 11) is 0. The zero-order chi connectivity index (χ0) is 20.1. The fraction of sp³-hybridized carbons (Fsp3) is 0.500. The molecular weight excluding hydrogens is 372 g/mol. The van der Waals surface area contributed by atoms with E-state index in [-0.39, 0.29) is 11.8 Å². The number of amides is 2. The lowest BCUT2D eigenvalue weighted by Crippen LogP contribution is -2.53. The second-order valence-electron chi connectivity index (χ2n) is 7.35. The summed E-state index contributed by atoms with van der Waals surface area (Å²) in [6, 6.07) is 7.59. The summed E-state index contributed by atoms with van der Waals surface area (Å²) < 4.78 is 7.06. The van der Waals surface area contributed by atoms with Gasteiger partial charge in [-0.15, -0.1) is 0 Å². The first-order chi connectivity index (χ1) is 14.2. The first-order valence-corrected chi connectivity index (χ1v) is 9.97. The predicted octanol–water partition coefficient (Wildman–Crippen LogP) is -0.0570. The highest BCUT2D eigenvalue weighted by Crippen LogP contribution is 2.12. The Bertz CT molecular complexity index is 809. The van der Waals surface area contributed by atoms with Gasteiger partial charge in [-0.25, -0.2) is 9.67 Å². The van der Waals surface area contributed by atoms with Gasteiger partial charge in [0.2, 0.25) is 5.91 Å². The van der Waals surface area contributed by atoms with Crippen LogP contribution in [0.5, 0.6) is 0 Å². The van der Waals surface area contributed by atoms with Crippen LogP contribution in [-0.4, -0.2) is 100 Å². The third kappa shape index (κ3) is 4.99. The van der Waals surface area contributed by atoms with Gasteiger partial charge in [0.15, 0.2) is 0 Å². The molecule has 9 nitrogen and oxygen atoms in total. The molecule has 154 valence electrons. The molecule has 1 aromatic heterocycles. The number of ether oxygens (including phenoxy) is 1. The first-order valence-electron chi connectivity index (χ1n) is 9.97. The lowest BCUT2D eigenvalue weighted by Gasteiger charge is -2.36. The number of carbonyl (C=O) groups is 2. The van der Waals surface area contributed by atoms with Gasteiger partial charge < -0.3 is 14.5 Å². The van der Waals surface area contributed by atoms with Gasteiger partial charge in [-0.3, -0.25) is 14.5 Å². The largest absolute Gasteiger partial charge is 0.379 e. The van der Waals surface area contributed by atoms with Crippen molar-refractivity contribution in [3.63, 3.8) is 0 Å². The highest BCUT2D eigenvalue weighted by atomic mass is 16.5. The molecule has 1 aromatic carbocycles. The summed E-state index contributed by atoms with van der Waals surface area (Å²) in [6.07, 6.45) is 3.17. The van der Waals surface area contributed by atoms with Crippen molar-refractivity contribution in [3.8, 4) is 0 Å². The van der Waals surface area contributed by atoms with Crippen molar-refractivity contribution < 1.29 is 14.3 Å². The lowest BCUT2D eigenvalue weighted by molar-refractivity contribution is -0.134. The van der Waals surface area contributed by atoms with Gasteiger partial charge in [0, 0.05) is 44.8 Å². The highest BCUT2D eigenvalue weighted by molar-refractivity contribution is 5.94. The molecule has 0 bridgehead atoms. The van der Waals surface area contributed by atoms with Gasteiger partial charge in [-0.2, -0.15) is 5.10 Å². The van der Waals surface area contributed by atoms with Gasteiger partial charge in [0.25, 0.3) is 5.91 Å². The van der Waals surface area contributed by atoms with Gasteiger partial charge >= 0.3 is 0 Å². The molecule has 9 heteroatoms. The summed E-state index contributed by atoms with van der Waals surface area (Å²) in [5.74, 6) is 0.147. The molecule has 4 rings (SSSR count). The van der Waals surface area contributed by atoms with Crippen molar-refractivity contribution in [3.05, 3.63) is 48.0 Å². The monoisotopic (exact) mass is 398 g/mol. The Morgan fingerprint density at radius 1 is 0.931 bits per heavy atom. The average molecular weight is 398 g/mol. The first kappa shape index (κ1) is 19.5. The van der Waals surface area contributed by atoms with Gasteiger partial charge in [0.05, 0.1) is 26.3 Å². The van der Waals surface area contributed by atoms with E-state index in [9.17, 15) is 9.59 Å². The molecule has 29 heavy (non-hydrogen) atoms. The molecule has 0 aliphatic carbocycles. The van der Waals surface area contributed by atoms with E-state index in [2.05, 4.69) is 15.0 Å². The van der Waals surface area contributed by atoms with Crippen LogP contribution < -0.4 is 0 Å². The number of carbonyl (C=O) groups excluding carboxylic acids is 2. The number of hydrogen-bond donors (Lipinski definition) is 0. The van der Waals surface area contributed by atoms with Crippen LogP contribution in [0.25, 0.3) is 0 Å². The van der Waals surface area contributed by atoms with E-state index < -0.39 is 0 Å². The fourth-order valence-electron chi connectivity index (χ4n) is 3.65. The van der Waals surface area contributed by atoms with E-state index in [4.69, 9.17) is 4.74 Å². The molecule has 2 saturated heterocycles. The Hall–Kier alpha value is -2.78. The molecule has 0 N–H and O–H groups in total. The summed E-state index contributed by atoms with van der Waals surface area (Å²) in [5.41, 5.74) is 1.73. The van der Waals surface area contributed by atoms with Crippen LogP contribution in [0.4, 0.5) is 0 Å². The molecule has 0 atom stereocenters. The number of piperazine rings is 1. The van der Waals surface area contributed by atoms with E-state index in [1.807, 2.05) is 34.1 Å². The van der Waals surface area contributed by atoms with Gasteiger partial charge in [-0.05, 0) is 17.7 Å². The molecule has 3 heterocycles. The van der Waals surface area contributed by atoms with Crippen molar-refractivity contribution in [2.75, 3.05) is 59.0 Å². The second-order valence-corrected chi connectivity index (χ2v) is 7.35. The molecule has 0 saturated carbocycles. The van der Waals surface area contributed by atoms with Crippen molar-refractivity contribution in [1.82, 2.24) is 29.5 Å². The maximum atomic E-state index is 12.8. The highest BCUT2D eigenvalue weighted by Gasteiger charge is 2.26. The third-order valence-electron chi connectivity index (χ3n) is 5.39.